The molecule has 0 saturated carbocycles. The maximum absolute atomic E-state index is 9.82. The van der Waals surface area contributed by atoms with E-state index in [0.717, 1.165) is 5.56 Å². The molecule has 86 valence electrons. The van der Waals surface area contributed by atoms with Gasteiger partial charge in [-0.15, -0.1) is 0 Å². The van der Waals surface area contributed by atoms with Gasteiger partial charge >= 0.3 is 0 Å². The molecular formula is C11H10N4OS. The molecule has 0 aliphatic rings. The van der Waals surface area contributed by atoms with E-state index in [1.807, 2.05) is 22.9 Å². The third-order valence-corrected chi connectivity index (χ3v) is 2.87. The van der Waals surface area contributed by atoms with Crippen molar-refractivity contribution in [1.82, 2.24) is 9.97 Å². The SMILES string of the molecule is N#Cc1cnc(NCC(O)c2ccsc2)cn1. The molecule has 0 spiro atoms. The maximum atomic E-state index is 9.82. The molecule has 2 rings (SSSR count). The first-order valence-electron chi connectivity index (χ1n) is 4.96. The lowest BCUT2D eigenvalue weighted by molar-refractivity contribution is 0.192. The van der Waals surface area contributed by atoms with Gasteiger partial charge in [-0.25, -0.2) is 9.97 Å². The lowest BCUT2D eigenvalue weighted by atomic mass is 10.2. The van der Waals surface area contributed by atoms with E-state index in [9.17, 15) is 5.11 Å². The number of aliphatic hydroxyl groups excluding tert-OH is 1. The summed E-state index contributed by atoms with van der Waals surface area (Å²) in [5, 5.41) is 25.1. The smallest absolute Gasteiger partial charge is 0.158 e. The molecule has 2 aromatic rings. The van der Waals surface area contributed by atoms with Crippen molar-refractivity contribution in [2.75, 3.05) is 11.9 Å². The van der Waals surface area contributed by atoms with Crippen LogP contribution in [0.15, 0.2) is 29.2 Å². The van der Waals surface area contributed by atoms with Crippen LogP contribution in [0.25, 0.3) is 0 Å². The lowest BCUT2D eigenvalue weighted by Crippen LogP contribution is -2.12. The molecule has 5 nitrogen and oxygen atoms in total. The highest BCUT2D eigenvalue weighted by molar-refractivity contribution is 7.07. The second-order valence-electron chi connectivity index (χ2n) is 3.35. The number of aliphatic hydroxyl groups is 1. The zero-order valence-electron chi connectivity index (χ0n) is 8.87. The Morgan fingerprint density at radius 2 is 2.35 bits per heavy atom. The van der Waals surface area contributed by atoms with Crippen LogP contribution in [0.1, 0.15) is 17.4 Å². The molecule has 0 bridgehead atoms. The van der Waals surface area contributed by atoms with Crippen molar-refractivity contribution in [3.05, 3.63) is 40.5 Å². The predicted octanol–water partition coefficient (Wildman–Crippen LogP) is 1.56. The Labute approximate surface area is 102 Å². The van der Waals surface area contributed by atoms with Crippen molar-refractivity contribution in [1.29, 1.82) is 5.26 Å². The molecule has 0 aliphatic heterocycles. The van der Waals surface area contributed by atoms with E-state index < -0.39 is 6.10 Å². The van der Waals surface area contributed by atoms with E-state index in [-0.39, 0.29) is 5.69 Å². The van der Waals surface area contributed by atoms with Gasteiger partial charge in [0, 0.05) is 6.54 Å². The number of nitriles is 1. The van der Waals surface area contributed by atoms with Gasteiger partial charge in [0.2, 0.25) is 0 Å². The highest BCUT2D eigenvalue weighted by Gasteiger charge is 2.07. The third kappa shape index (κ3) is 3.00. The zero-order chi connectivity index (χ0) is 12.1. The Balaban J connectivity index is 1.91. The monoisotopic (exact) mass is 246 g/mol. The summed E-state index contributed by atoms with van der Waals surface area (Å²) >= 11 is 1.54. The molecule has 0 radical (unpaired) electrons. The summed E-state index contributed by atoms with van der Waals surface area (Å²) in [6.45, 7) is 0.358. The van der Waals surface area contributed by atoms with Crippen molar-refractivity contribution in [2.24, 2.45) is 0 Å². The van der Waals surface area contributed by atoms with Crippen LogP contribution in [0, 0.1) is 11.3 Å². The molecule has 1 atom stereocenters. The summed E-state index contributed by atoms with van der Waals surface area (Å²) in [5.41, 5.74) is 1.15. The maximum Gasteiger partial charge on any atom is 0.158 e. The fraction of sp³-hybridized carbons (Fsp3) is 0.182. The fourth-order valence-electron chi connectivity index (χ4n) is 1.26. The molecule has 6 heteroatoms. The summed E-state index contributed by atoms with van der Waals surface area (Å²) in [7, 11) is 0. The van der Waals surface area contributed by atoms with Crippen LogP contribution in [0.5, 0.6) is 0 Å². The van der Waals surface area contributed by atoms with Crippen molar-refractivity contribution in [2.45, 2.75) is 6.10 Å². The number of hydrogen-bond donors (Lipinski definition) is 2. The quantitative estimate of drug-likeness (QED) is 0.855. The first-order valence-corrected chi connectivity index (χ1v) is 5.90. The first-order chi connectivity index (χ1) is 8.29. The van der Waals surface area contributed by atoms with Crippen LogP contribution in [-0.2, 0) is 0 Å². The van der Waals surface area contributed by atoms with Crippen LogP contribution >= 0.6 is 11.3 Å². The molecule has 0 saturated heterocycles. The van der Waals surface area contributed by atoms with Gasteiger partial charge in [-0.2, -0.15) is 16.6 Å². The molecule has 2 aromatic heterocycles. The van der Waals surface area contributed by atoms with Gasteiger partial charge in [-0.05, 0) is 22.4 Å². The molecular weight excluding hydrogens is 236 g/mol. The number of aromatic nitrogens is 2. The van der Waals surface area contributed by atoms with E-state index in [0.29, 0.717) is 12.4 Å². The molecule has 2 heterocycles. The number of hydrogen-bond acceptors (Lipinski definition) is 6. The normalized spacial score (nSPS) is 11.8. The van der Waals surface area contributed by atoms with Crippen LogP contribution < -0.4 is 5.32 Å². The third-order valence-electron chi connectivity index (χ3n) is 2.17. The fourth-order valence-corrected chi connectivity index (χ4v) is 1.97. The number of nitrogens with zero attached hydrogens (tertiary/aromatic N) is 3. The molecule has 17 heavy (non-hydrogen) atoms. The second kappa shape index (κ2) is 5.39. The minimum absolute atomic E-state index is 0.272. The first kappa shape index (κ1) is 11.5. The highest BCUT2D eigenvalue weighted by Crippen LogP contribution is 2.16. The zero-order valence-corrected chi connectivity index (χ0v) is 9.68. The number of rotatable bonds is 4. The van der Waals surface area contributed by atoms with E-state index in [1.54, 1.807) is 11.3 Å². The van der Waals surface area contributed by atoms with Crippen molar-refractivity contribution >= 4 is 17.2 Å². The lowest BCUT2D eigenvalue weighted by Gasteiger charge is -2.10. The molecule has 0 aromatic carbocycles. The summed E-state index contributed by atoms with van der Waals surface area (Å²) in [5.74, 6) is 0.540. The van der Waals surface area contributed by atoms with Crippen LogP contribution in [0.2, 0.25) is 0 Å². The van der Waals surface area contributed by atoms with Crippen molar-refractivity contribution < 1.29 is 5.11 Å². The summed E-state index contributed by atoms with van der Waals surface area (Å²) in [6.07, 6.45) is 2.29. The van der Waals surface area contributed by atoms with Gasteiger partial charge in [0.05, 0.1) is 18.5 Å². The van der Waals surface area contributed by atoms with E-state index in [4.69, 9.17) is 5.26 Å². The second-order valence-corrected chi connectivity index (χ2v) is 4.13. The van der Waals surface area contributed by atoms with Crippen molar-refractivity contribution in [3.8, 4) is 6.07 Å². The van der Waals surface area contributed by atoms with Gasteiger partial charge in [-0.1, -0.05) is 0 Å². The summed E-state index contributed by atoms with van der Waals surface area (Å²) in [4.78, 5) is 7.87. The number of nitrogens with one attached hydrogen (secondary N) is 1. The Morgan fingerprint density at radius 1 is 1.47 bits per heavy atom. The average molecular weight is 246 g/mol. The molecule has 2 N–H and O–H groups in total. The van der Waals surface area contributed by atoms with Crippen LogP contribution in [0.3, 0.4) is 0 Å². The Morgan fingerprint density at radius 3 is 2.94 bits per heavy atom. The standard InChI is InChI=1S/C11H10N4OS/c12-3-9-4-14-11(6-13-9)15-5-10(16)8-1-2-17-7-8/h1-2,4,6-7,10,16H,5H2,(H,14,15). The number of anilines is 1. The van der Waals surface area contributed by atoms with Crippen molar-refractivity contribution in [3.63, 3.8) is 0 Å². The topological polar surface area (TPSA) is 81.8 Å². The molecule has 0 amide bonds. The van der Waals surface area contributed by atoms with Gasteiger partial charge in [-0.3, -0.25) is 0 Å². The molecule has 1 unspecified atom stereocenters. The van der Waals surface area contributed by atoms with Gasteiger partial charge in [0.25, 0.3) is 0 Å². The largest absolute Gasteiger partial charge is 0.387 e. The predicted molar refractivity (Wildman–Crippen MR) is 64.5 cm³/mol. The Bertz CT molecular complexity index is 503. The highest BCUT2D eigenvalue weighted by atomic mass is 32.1. The van der Waals surface area contributed by atoms with Crippen LogP contribution in [-0.4, -0.2) is 21.6 Å². The van der Waals surface area contributed by atoms with Crippen LogP contribution in [0.4, 0.5) is 5.82 Å². The summed E-state index contributed by atoms with van der Waals surface area (Å²) in [6, 6.07) is 3.77. The van der Waals surface area contributed by atoms with E-state index in [2.05, 4.69) is 15.3 Å². The Kier molecular flexibility index (Phi) is 3.65. The average Bonchev–Trinajstić information content (AvgIpc) is 2.90. The van der Waals surface area contributed by atoms with E-state index in [1.165, 1.54) is 12.4 Å². The van der Waals surface area contributed by atoms with Gasteiger partial charge in [0.15, 0.2) is 5.69 Å². The Hall–Kier alpha value is -1.97. The minimum Gasteiger partial charge on any atom is -0.387 e. The molecule has 0 fully saturated rings. The van der Waals surface area contributed by atoms with Gasteiger partial charge < -0.3 is 10.4 Å². The van der Waals surface area contributed by atoms with Gasteiger partial charge in [0.1, 0.15) is 11.9 Å². The molecule has 0 aliphatic carbocycles. The van der Waals surface area contributed by atoms with E-state index >= 15 is 0 Å². The minimum atomic E-state index is -0.571. The summed E-state index contributed by atoms with van der Waals surface area (Å²) < 4.78 is 0. The number of thiophene rings is 1.